The molecule has 2 rings (SSSR count). The summed E-state index contributed by atoms with van der Waals surface area (Å²) in [4.78, 5) is 2.26. The van der Waals surface area contributed by atoms with Crippen molar-refractivity contribution >= 4 is 5.69 Å². The maximum Gasteiger partial charge on any atom is 0.129 e. The minimum Gasteiger partial charge on any atom is -0.377 e. The van der Waals surface area contributed by atoms with Crippen molar-refractivity contribution in [1.82, 2.24) is 5.32 Å². The SMILES string of the molecule is CCNCc1c(F)cccc1N1CCOCC1(C)C. The van der Waals surface area contributed by atoms with Gasteiger partial charge in [-0.1, -0.05) is 13.0 Å². The van der Waals surface area contributed by atoms with Gasteiger partial charge in [-0.25, -0.2) is 4.39 Å². The number of anilines is 1. The van der Waals surface area contributed by atoms with Crippen LogP contribution in [0.25, 0.3) is 0 Å². The monoisotopic (exact) mass is 266 g/mol. The van der Waals surface area contributed by atoms with E-state index in [0.29, 0.717) is 19.8 Å². The molecule has 1 aromatic rings. The molecule has 0 radical (unpaired) electrons. The lowest BCUT2D eigenvalue weighted by Gasteiger charge is -2.44. The van der Waals surface area contributed by atoms with Gasteiger partial charge < -0.3 is 15.0 Å². The van der Waals surface area contributed by atoms with E-state index in [0.717, 1.165) is 24.3 Å². The first-order chi connectivity index (χ1) is 9.06. The van der Waals surface area contributed by atoms with Gasteiger partial charge in [0.1, 0.15) is 5.82 Å². The van der Waals surface area contributed by atoms with Crippen molar-refractivity contribution in [2.75, 3.05) is 31.2 Å². The number of nitrogens with zero attached hydrogens (tertiary/aromatic N) is 1. The second-order valence-electron chi connectivity index (χ2n) is 5.53. The quantitative estimate of drug-likeness (QED) is 0.906. The summed E-state index contributed by atoms with van der Waals surface area (Å²) in [7, 11) is 0. The topological polar surface area (TPSA) is 24.5 Å². The Labute approximate surface area is 114 Å². The molecule has 19 heavy (non-hydrogen) atoms. The normalized spacial score (nSPS) is 18.6. The summed E-state index contributed by atoms with van der Waals surface area (Å²) in [5.41, 5.74) is 1.63. The number of nitrogens with one attached hydrogen (secondary N) is 1. The van der Waals surface area contributed by atoms with Crippen molar-refractivity contribution in [3.63, 3.8) is 0 Å². The van der Waals surface area contributed by atoms with E-state index in [1.807, 2.05) is 13.0 Å². The predicted octanol–water partition coefficient (Wildman–Crippen LogP) is 2.55. The number of halogens is 1. The molecule has 1 saturated heterocycles. The molecule has 1 N–H and O–H groups in total. The van der Waals surface area contributed by atoms with Crippen LogP contribution in [-0.4, -0.2) is 31.8 Å². The summed E-state index contributed by atoms with van der Waals surface area (Å²) in [6.07, 6.45) is 0. The summed E-state index contributed by atoms with van der Waals surface area (Å²) in [6.45, 7) is 9.86. The Morgan fingerprint density at radius 1 is 1.42 bits per heavy atom. The smallest absolute Gasteiger partial charge is 0.129 e. The highest BCUT2D eigenvalue weighted by Gasteiger charge is 2.32. The van der Waals surface area contributed by atoms with Gasteiger partial charge in [-0.15, -0.1) is 0 Å². The van der Waals surface area contributed by atoms with Crippen LogP contribution in [0, 0.1) is 5.82 Å². The Morgan fingerprint density at radius 2 is 2.21 bits per heavy atom. The van der Waals surface area contributed by atoms with Crippen molar-refractivity contribution < 1.29 is 9.13 Å². The maximum atomic E-state index is 14.1. The highest BCUT2D eigenvalue weighted by Crippen LogP contribution is 2.31. The molecular formula is C15H23FN2O. The lowest BCUT2D eigenvalue weighted by molar-refractivity contribution is 0.0642. The van der Waals surface area contributed by atoms with Gasteiger partial charge in [0.15, 0.2) is 0 Å². The highest BCUT2D eigenvalue weighted by atomic mass is 19.1. The number of ether oxygens (including phenoxy) is 1. The van der Waals surface area contributed by atoms with E-state index in [9.17, 15) is 4.39 Å². The molecular weight excluding hydrogens is 243 g/mol. The largest absolute Gasteiger partial charge is 0.377 e. The van der Waals surface area contributed by atoms with Crippen molar-refractivity contribution in [3.8, 4) is 0 Å². The summed E-state index contributed by atoms with van der Waals surface area (Å²) < 4.78 is 19.6. The molecule has 0 spiro atoms. The number of hydrogen-bond acceptors (Lipinski definition) is 3. The van der Waals surface area contributed by atoms with Gasteiger partial charge in [0.2, 0.25) is 0 Å². The zero-order chi connectivity index (χ0) is 13.9. The molecule has 0 aliphatic carbocycles. The first-order valence-corrected chi connectivity index (χ1v) is 6.90. The molecule has 0 bridgehead atoms. The van der Waals surface area contributed by atoms with E-state index in [2.05, 4.69) is 24.1 Å². The van der Waals surface area contributed by atoms with E-state index >= 15 is 0 Å². The fourth-order valence-electron chi connectivity index (χ4n) is 2.53. The third-order valence-electron chi connectivity index (χ3n) is 3.58. The maximum absolute atomic E-state index is 14.1. The Kier molecular flexibility index (Phi) is 4.42. The van der Waals surface area contributed by atoms with Gasteiger partial charge >= 0.3 is 0 Å². The minimum atomic E-state index is -0.138. The number of rotatable bonds is 4. The van der Waals surface area contributed by atoms with E-state index in [1.165, 1.54) is 6.07 Å². The predicted molar refractivity (Wildman–Crippen MR) is 76.0 cm³/mol. The van der Waals surface area contributed by atoms with Crippen LogP contribution in [0.1, 0.15) is 26.3 Å². The second-order valence-corrected chi connectivity index (χ2v) is 5.53. The van der Waals surface area contributed by atoms with Gasteiger partial charge in [0.25, 0.3) is 0 Å². The Bertz CT molecular complexity index is 434. The van der Waals surface area contributed by atoms with E-state index in [4.69, 9.17) is 4.74 Å². The van der Waals surface area contributed by atoms with Crippen LogP contribution >= 0.6 is 0 Å². The molecule has 106 valence electrons. The standard InChI is InChI=1S/C15H23FN2O/c1-4-17-10-12-13(16)6-5-7-14(12)18-8-9-19-11-15(18,2)3/h5-7,17H,4,8-11H2,1-3H3. The summed E-state index contributed by atoms with van der Waals surface area (Å²) in [6, 6.07) is 5.32. The Hall–Kier alpha value is -1.13. The molecule has 0 amide bonds. The fourth-order valence-corrected chi connectivity index (χ4v) is 2.53. The number of benzene rings is 1. The van der Waals surface area contributed by atoms with Crippen molar-refractivity contribution in [1.29, 1.82) is 0 Å². The summed E-state index contributed by atoms with van der Waals surface area (Å²) >= 11 is 0. The molecule has 1 heterocycles. The van der Waals surface area contributed by atoms with Crippen molar-refractivity contribution in [3.05, 3.63) is 29.6 Å². The number of morpholine rings is 1. The van der Waals surface area contributed by atoms with Crippen LogP contribution < -0.4 is 10.2 Å². The molecule has 1 aliphatic rings. The third kappa shape index (κ3) is 3.07. The third-order valence-corrected chi connectivity index (χ3v) is 3.58. The average Bonchev–Trinajstić information content (AvgIpc) is 2.37. The van der Waals surface area contributed by atoms with Gasteiger partial charge in [-0.3, -0.25) is 0 Å². The first-order valence-electron chi connectivity index (χ1n) is 6.90. The molecule has 1 aliphatic heterocycles. The highest BCUT2D eigenvalue weighted by molar-refractivity contribution is 5.56. The molecule has 0 unspecified atom stereocenters. The van der Waals surface area contributed by atoms with Crippen molar-refractivity contribution in [2.24, 2.45) is 0 Å². The van der Waals surface area contributed by atoms with Crippen LogP contribution in [0.2, 0.25) is 0 Å². The van der Waals surface area contributed by atoms with Crippen LogP contribution in [0.5, 0.6) is 0 Å². The molecule has 1 aromatic carbocycles. The molecule has 3 nitrogen and oxygen atoms in total. The number of hydrogen-bond donors (Lipinski definition) is 1. The van der Waals surface area contributed by atoms with Gasteiger partial charge in [-0.05, 0) is 32.5 Å². The van der Waals surface area contributed by atoms with E-state index in [-0.39, 0.29) is 11.4 Å². The lowest BCUT2D eigenvalue weighted by Crippen LogP contribution is -2.53. The van der Waals surface area contributed by atoms with Crippen LogP contribution in [0.4, 0.5) is 10.1 Å². The zero-order valence-corrected chi connectivity index (χ0v) is 12.0. The summed E-state index contributed by atoms with van der Waals surface area (Å²) in [5, 5.41) is 3.21. The minimum absolute atomic E-state index is 0.104. The molecule has 1 fully saturated rings. The molecule has 4 heteroatoms. The van der Waals surface area contributed by atoms with Crippen LogP contribution in [0.3, 0.4) is 0 Å². The van der Waals surface area contributed by atoms with Gasteiger partial charge in [0, 0.05) is 24.3 Å². The molecule has 0 atom stereocenters. The molecule has 0 saturated carbocycles. The summed E-state index contributed by atoms with van der Waals surface area (Å²) in [5.74, 6) is -0.138. The fraction of sp³-hybridized carbons (Fsp3) is 0.600. The second kappa shape index (κ2) is 5.88. The average molecular weight is 266 g/mol. The zero-order valence-electron chi connectivity index (χ0n) is 12.0. The lowest BCUT2D eigenvalue weighted by atomic mass is 9.99. The molecule has 0 aromatic heterocycles. The van der Waals surface area contributed by atoms with Gasteiger partial charge in [0.05, 0.1) is 18.8 Å². The Morgan fingerprint density at radius 3 is 2.89 bits per heavy atom. The van der Waals surface area contributed by atoms with E-state index < -0.39 is 0 Å². The van der Waals surface area contributed by atoms with Gasteiger partial charge in [-0.2, -0.15) is 0 Å². The Balaban J connectivity index is 2.34. The first kappa shape index (κ1) is 14.3. The van der Waals surface area contributed by atoms with E-state index in [1.54, 1.807) is 6.07 Å². The van der Waals surface area contributed by atoms with Crippen LogP contribution in [0.15, 0.2) is 18.2 Å². The van der Waals surface area contributed by atoms with Crippen molar-refractivity contribution in [2.45, 2.75) is 32.9 Å². The van der Waals surface area contributed by atoms with Crippen LogP contribution in [-0.2, 0) is 11.3 Å².